The molecule has 3 N–H and O–H groups in total. The lowest BCUT2D eigenvalue weighted by Gasteiger charge is -2.20. The Morgan fingerprint density at radius 1 is 1.12 bits per heavy atom. The summed E-state index contributed by atoms with van der Waals surface area (Å²) in [6.45, 7) is 6.88. The number of halogens is 1. The highest BCUT2D eigenvalue weighted by Crippen LogP contribution is 2.18. The fraction of sp³-hybridized carbons (Fsp3) is 0.350. The second-order valence-corrected chi connectivity index (χ2v) is 5.98. The summed E-state index contributed by atoms with van der Waals surface area (Å²) in [6, 6.07) is 14.4. The Kier molecular flexibility index (Phi) is 6.95. The smallest absolute Gasteiger partial charge is 0.191 e. The van der Waals surface area contributed by atoms with E-state index in [-0.39, 0.29) is 18.2 Å². The highest BCUT2D eigenvalue weighted by atomic mass is 19.1. The topological polar surface area (TPSA) is 56.7 Å². The molecule has 0 saturated carbocycles. The number of nitrogens with zero attached hydrogens (tertiary/aromatic N) is 1. The molecule has 4 nitrogen and oxygen atoms in total. The molecule has 0 radical (unpaired) electrons. The van der Waals surface area contributed by atoms with Crippen molar-refractivity contribution in [2.75, 3.05) is 13.1 Å². The Labute approximate surface area is 148 Å². The van der Waals surface area contributed by atoms with Crippen LogP contribution in [0.2, 0.25) is 0 Å². The number of guanidine groups is 1. The zero-order valence-electron chi connectivity index (χ0n) is 15.0. The van der Waals surface area contributed by atoms with Crippen molar-refractivity contribution in [2.45, 2.75) is 32.9 Å². The molecule has 0 bridgehead atoms. The van der Waals surface area contributed by atoms with Gasteiger partial charge >= 0.3 is 0 Å². The standard InChI is InChI=1S/C20H26FN3O/c1-4-22-20(24-15(3)16-10-6-5-9-14(16)2)23-13-19(25)17-11-7-8-12-18(17)21/h5-12,15,19,25H,4,13H2,1-3H3,(H2,22,23,24). The van der Waals surface area contributed by atoms with Gasteiger partial charge < -0.3 is 15.7 Å². The molecule has 0 aliphatic heterocycles. The van der Waals surface area contributed by atoms with Gasteiger partial charge in [-0.25, -0.2) is 4.39 Å². The highest BCUT2D eigenvalue weighted by molar-refractivity contribution is 5.80. The van der Waals surface area contributed by atoms with Gasteiger partial charge in [0.05, 0.1) is 12.6 Å². The van der Waals surface area contributed by atoms with E-state index in [1.54, 1.807) is 18.2 Å². The van der Waals surface area contributed by atoms with Crippen molar-refractivity contribution >= 4 is 5.96 Å². The lowest BCUT2D eigenvalue weighted by Crippen LogP contribution is -2.39. The minimum atomic E-state index is -0.981. The highest BCUT2D eigenvalue weighted by Gasteiger charge is 2.13. The maximum Gasteiger partial charge on any atom is 0.191 e. The number of benzene rings is 2. The third-order valence-electron chi connectivity index (χ3n) is 4.04. The van der Waals surface area contributed by atoms with Crippen LogP contribution in [0.25, 0.3) is 0 Å². The van der Waals surface area contributed by atoms with Crippen molar-refractivity contribution in [2.24, 2.45) is 4.99 Å². The molecule has 5 heteroatoms. The molecule has 0 amide bonds. The van der Waals surface area contributed by atoms with E-state index in [1.807, 2.05) is 19.1 Å². The molecule has 2 unspecified atom stereocenters. The molecule has 2 aromatic carbocycles. The van der Waals surface area contributed by atoms with Gasteiger partial charge in [0.2, 0.25) is 0 Å². The summed E-state index contributed by atoms with van der Waals surface area (Å²) >= 11 is 0. The first-order valence-electron chi connectivity index (χ1n) is 8.55. The fourth-order valence-corrected chi connectivity index (χ4v) is 2.70. The summed E-state index contributed by atoms with van der Waals surface area (Å²) in [5.41, 5.74) is 2.64. The van der Waals surface area contributed by atoms with Gasteiger partial charge in [0.15, 0.2) is 5.96 Å². The Morgan fingerprint density at radius 3 is 2.40 bits per heavy atom. The molecule has 0 spiro atoms. The average Bonchev–Trinajstić information content (AvgIpc) is 2.60. The molecule has 0 aliphatic carbocycles. The first-order valence-corrected chi connectivity index (χ1v) is 8.55. The van der Waals surface area contributed by atoms with Gasteiger partial charge in [0.25, 0.3) is 0 Å². The van der Waals surface area contributed by atoms with Gasteiger partial charge in [-0.2, -0.15) is 0 Å². The zero-order valence-corrected chi connectivity index (χ0v) is 15.0. The number of hydrogen-bond donors (Lipinski definition) is 3. The number of hydrogen-bond acceptors (Lipinski definition) is 2. The van der Waals surface area contributed by atoms with Crippen LogP contribution in [0.4, 0.5) is 4.39 Å². The average molecular weight is 343 g/mol. The number of rotatable bonds is 6. The minimum Gasteiger partial charge on any atom is -0.386 e. The van der Waals surface area contributed by atoms with Crippen LogP contribution in [0.1, 0.15) is 42.7 Å². The molecular weight excluding hydrogens is 317 g/mol. The van der Waals surface area contributed by atoms with Gasteiger partial charge in [0, 0.05) is 12.1 Å². The molecule has 0 heterocycles. The molecule has 0 aromatic heterocycles. The SMILES string of the molecule is CCNC(=NCC(O)c1ccccc1F)NC(C)c1ccccc1C. The Bertz CT molecular complexity index is 718. The molecule has 134 valence electrons. The molecule has 2 aromatic rings. The third-order valence-corrected chi connectivity index (χ3v) is 4.04. The molecule has 0 saturated heterocycles. The van der Waals surface area contributed by atoms with Crippen LogP contribution in [0, 0.1) is 12.7 Å². The maximum atomic E-state index is 13.7. The maximum absolute atomic E-state index is 13.7. The van der Waals surface area contributed by atoms with E-state index in [0.717, 1.165) is 0 Å². The van der Waals surface area contributed by atoms with Crippen LogP contribution >= 0.6 is 0 Å². The fourth-order valence-electron chi connectivity index (χ4n) is 2.70. The second kappa shape index (κ2) is 9.18. The summed E-state index contributed by atoms with van der Waals surface area (Å²) in [6.07, 6.45) is -0.981. The van der Waals surface area contributed by atoms with Gasteiger partial charge in [-0.1, -0.05) is 42.5 Å². The molecule has 2 atom stereocenters. The molecule has 0 fully saturated rings. The molecule has 2 rings (SSSR count). The lowest BCUT2D eigenvalue weighted by molar-refractivity contribution is 0.182. The molecule has 0 aliphatic rings. The van der Waals surface area contributed by atoms with E-state index in [2.05, 4.69) is 41.6 Å². The van der Waals surface area contributed by atoms with E-state index in [0.29, 0.717) is 12.5 Å². The summed E-state index contributed by atoms with van der Waals surface area (Å²) in [4.78, 5) is 4.40. The summed E-state index contributed by atoms with van der Waals surface area (Å²) in [5, 5.41) is 16.7. The van der Waals surface area contributed by atoms with Crippen molar-refractivity contribution in [3.05, 3.63) is 71.0 Å². The van der Waals surface area contributed by atoms with Gasteiger partial charge in [-0.05, 0) is 38.0 Å². The monoisotopic (exact) mass is 343 g/mol. The van der Waals surface area contributed by atoms with Crippen LogP contribution in [-0.4, -0.2) is 24.2 Å². The van der Waals surface area contributed by atoms with Crippen LogP contribution in [-0.2, 0) is 0 Å². The van der Waals surface area contributed by atoms with Gasteiger partial charge in [-0.15, -0.1) is 0 Å². The molecular formula is C20H26FN3O. The first-order chi connectivity index (χ1) is 12.0. The van der Waals surface area contributed by atoms with E-state index in [9.17, 15) is 9.50 Å². The predicted octanol–water partition coefficient (Wildman–Crippen LogP) is 3.48. The summed E-state index contributed by atoms with van der Waals surface area (Å²) in [7, 11) is 0. The number of aliphatic hydroxyl groups is 1. The Balaban J connectivity index is 2.08. The van der Waals surface area contributed by atoms with Crippen LogP contribution in [0.3, 0.4) is 0 Å². The van der Waals surface area contributed by atoms with Crippen LogP contribution in [0.15, 0.2) is 53.5 Å². The van der Waals surface area contributed by atoms with Crippen LogP contribution in [0.5, 0.6) is 0 Å². The van der Waals surface area contributed by atoms with Crippen LogP contribution < -0.4 is 10.6 Å². The van der Waals surface area contributed by atoms with E-state index >= 15 is 0 Å². The van der Waals surface area contributed by atoms with Crippen molar-refractivity contribution in [3.8, 4) is 0 Å². The number of aliphatic hydroxyl groups excluding tert-OH is 1. The first kappa shape index (κ1) is 18.9. The number of aryl methyl sites for hydroxylation is 1. The van der Waals surface area contributed by atoms with E-state index < -0.39 is 11.9 Å². The minimum absolute atomic E-state index is 0.0598. The number of aliphatic imine (C=N–C) groups is 1. The van der Waals surface area contributed by atoms with Crippen molar-refractivity contribution in [3.63, 3.8) is 0 Å². The largest absolute Gasteiger partial charge is 0.386 e. The Hall–Kier alpha value is -2.40. The van der Waals surface area contributed by atoms with Crippen molar-refractivity contribution in [1.29, 1.82) is 0 Å². The van der Waals surface area contributed by atoms with Crippen molar-refractivity contribution < 1.29 is 9.50 Å². The summed E-state index contributed by atoms with van der Waals surface area (Å²) in [5.74, 6) is 0.171. The second-order valence-electron chi connectivity index (χ2n) is 5.98. The molecule has 25 heavy (non-hydrogen) atoms. The zero-order chi connectivity index (χ0) is 18.2. The van der Waals surface area contributed by atoms with E-state index in [4.69, 9.17) is 0 Å². The third kappa shape index (κ3) is 5.29. The van der Waals surface area contributed by atoms with Crippen molar-refractivity contribution in [1.82, 2.24) is 10.6 Å². The van der Waals surface area contributed by atoms with Gasteiger partial charge in [-0.3, -0.25) is 4.99 Å². The summed E-state index contributed by atoms with van der Waals surface area (Å²) < 4.78 is 13.7. The van der Waals surface area contributed by atoms with E-state index in [1.165, 1.54) is 17.2 Å². The normalized spacial score (nSPS) is 14.0. The quantitative estimate of drug-likeness (QED) is 0.556. The lowest BCUT2D eigenvalue weighted by atomic mass is 10.0. The Morgan fingerprint density at radius 2 is 1.76 bits per heavy atom. The number of nitrogens with one attached hydrogen (secondary N) is 2. The predicted molar refractivity (Wildman–Crippen MR) is 100 cm³/mol. The van der Waals surface area contributed by atoms with Gasteiger partial charge in [0.1, 0.15) is 11.9 Å².